The Hall–Kier alpha value is -4.27. The first-order chi connectivity index (χ1) is 17.8. The monoisotopic (exact) mass is 529 g/mol. The van der Waals surface area contributed by atoms with Crippen LogP contribution in [0.4, 0.5) is 5.69 Å². The number of nitrogens with zero attached hydrogens (tertiary/aromatic N) is 2. The summed E-state index contributed by atoms with van der Waals surface area (Å²) in [6, 6.07) is 21.7. The second-order valence-corrected chi connectivity index (χ2v) is 9.83. The first-order valence-corrected chi connectivity index (χ1v) is 12.5. The Balaban J connectivity index is 1.64. The van der Waals surface area contributed by atoms with E-state index < -0.39 is 12.0 Å². The zero-order valence-corrected chi connectivity index (χ0v) is 21.1. The van der Waals surface area contributed by atoms with Gasteiger partial charge in [0.1, 0.15) is 0 Å². The van der Waals surface area contributed by atoms with E-state index >= 15 is 0 Å². The largest absolute Gasteiger partial charge is 0.478 e. The number of carboxylic acids is 1. The molecule has 7 nitrogen and oxygen atoms in total. The molecule has 5 rings (SSSR count). The highest BCUT2D eigenvalue weighted by atomic mass is 35.5. The average molecular weight is 530 g/mol. The molecule has 0 aliphatic carbocycles. The number of benzene rings is 3. The van der Waals surface area contributed by atoms with E-state index in [9.17, 15) is 14.4 Å². The summed E-state index contributed by atoms with van der Waals surface area (Å²) in [5.41, 5.74) is 2.74. The number of thiazole rings is 1. The van der Waals surface area contributed by atoms with E-state index in [4.69, 9.17) is 16.7 Å². The van der Waals surface area contributed by atoms with Gasteiger partial charge in [0.05, 0.1) is 27.4 Å². The molecule has 9 heteroatoms. The molecule has 1 amide bonds. The van der Waals surface area contributed by atoms with E-state index in [0.29, 0.717) is 36.9 Å². The number of hydrogen-bond acceptors (Lipinski definition) is 5. The molecular formula is C28H20ClN3O4S. The second-order valence-electron chi connectivity index (χ2n) is 8.38. The standard InChI is InChI=1S/C28H20ClN3O4S/c1-16-23(25(33)31-21-5-3-2-4-6-21)24(18-11-13-20(29)14-12-18)32-26(34)22(37-28(32)30-16)15-17-7-9-19(10-8-17)27(35)36/h2-15,24H,1H3,(H,31,33)(H,35,36)/b22-15-/t24-/m0/s1. The molecule has 0 radical (unpaired) electrons. The van der Waals surface area contributed by atoms with Crippen molar-refractivity contribution in [1.82, 2.24) is 4.57 Å². The molecule has 4 aromatic rings. The van der Waals surface area contributed by atoms with Gasteiger partial charge in [-0.1, -0.05) is 65.4 Å². The summed E-state index contributed by atoms with van der Waals surface area (Å²) >= 11 is 7.33. The smallest absolute Gasteiger partial charge is 0.335 e. The maximum Gasteiger partial charge on any atom is 0.335 e. The Kier molecular flexibility index (Phi) is 6.60. The average Bonchev–Trinajstić information content (AvgIpc) is 3.18. The fraction of sp³-hybridized carbons (Fsp3) is 0.0714. The number of carbonyl (C=O) groups is 2. The van der Waals surface area contributed by atoms with Crippen molar-refractivity contribution in [3.8, 4) is 0 Å². The van der Waals surface area contributed by atoms with Crippen LogP contribution < -0.4 is 20.2 Å². The molecule has 37 heavy (non-hydrogen) atoms. The summed E-state index contributed by atoms with van der Waals surface area (Å²) < 4.78 is 1.94. The van der Waals surface area contributed by atoms with Gasteiger partial charge in [0, 0.05) is 10.7 Å². The summed E-state index contributed by atoms with van der Waals surface area (Å²) in [5.74, 6) is -1.38. The summed E-state index contributed by atoms with van der Waals surface area (Å²) in [5, 5.41) is 12.6. The molecule has 1 atom stereocenters. The fourth-order valence-corrected chi connectivity index (χ4v) is 5.34. The van der Waals surface area contributed by atoms with Gasteiger partial charge in [-0.25, -0.2) is 9.79 Å². The lowest BCUT2D eigenvalue weighted by Gasteiger charge is -2.25. The van der Waals surface area contributed by atoms with Gasteiger partial charge >= 0.3 is 5.97 Å². The third-order valence-electron chi connectivity index (χ3n) is 5.94. The molecule has 2 N–H and O–H groups in total. The number of aromatic nitrogens is 1. The molecule has 0 spiro atoms. The minimum atomic E-state index is -1.02. The van der Waals surface area contributed by atoms with Crippen LogP contribution in [0, 0.1) is 0 Å². The number of aromatic carboxylic acids is 1. The molecule has 0 fully saturated rings. The highest BCUT2D eigenvalue weighted by molar-refractivity contribution is 7.07. The third kappa shape index (κ3) is 4.89. The van der Waals surface area contributed by atoms with Crippen LogP contribution in [0.15, 0.2) is 99.9 Å². The van der Waals surface area contributed by atoms with Crippen LogP contribution in [0.3, 0.4) is 0 Å². The van der Waals surface area contributed by atoms with Crippen molar-refractivity contribution < 1.29 is 14.7 Å². The quantitative estimate of drug-likeness (QED) is 0.404. The normalized spacial score (nSPS) is 15.2. The minimum absolute atomic E-state index is 0.158. The molecule has 2 heterocycles. The van der Waals surface area contributed by atoms with Gasteiger partial charge in [-0.3, -0.25) is 14.2 Å². The topological polar surface area (TPSA) is 101 Å². The number of carbonyl (C=O) groups excluding carboxylic acids is 1. The van der Waals surface area contributed by atoms with Crippen LogP contribution in [-0.2, 0) is 4.79 Å². The molecule has 184 valence electrons. The van der Waals surface area contributed by atoms with Gasteiger partial charge in [0.15, 0.2) is 4.80 Å². The van der Waals surface area contributed by atoms with E-state index in [1.807, 2.05) is 18.2 Å². The van der Waals surface area contributed by atoms with E-state index in [0.717, 1.165) is 5.56 Å². The summed E-state index contributed by atoms with van der Waals surface area (Å²) in [6.45, 7) is 1.75. The van der Waals surface area contributed by atoms with Gasteiger partial charge in [-0.2, -0.15) is 0 Å². The zero-order chi connectivity index (χ0) is 26.1. The van der Waals surface area contributed by atoms with Crippen molar-refractivity contribution >= 4 is 46.6 Å². The molecule has 1 aliphatic rings. The fourth-order valence-electron chi connectivity index (χ4n) is 4.17. The lowest BCUT2D eigenvalue weighted by molar-refractivity contribution is -0.113. The maximum absolute atomic E-state index is 13.7. The molecular weight excluding hydrogens is 510 g/mol. The Morgan fingerprint density at radius 3 is 2.35 bits per heavy atom. The lowest BCUT2D eigenvalue weighted by atomic mass is 9.95. The molecule has 3 aromatic carbocycles. The first-order valence-electron chi connectivity index (χ1n) is 11.3. The molecule has 1 aliphatic heterocycles. The number of anilines is 1. The Morgan fingerprint density at radius 1 is 1.03 bits per heavy atom. The van der Waals surface area contributed by atoms with Crippen molar-refractivity contribution in [2.45, 2.75) is 13.0 Å². The van der Waals surface area contributed by atoms with Crippen molar-refractivity contribution in [3.05, 3.63) is 132 Å². The zero-order valence-electron chi connectivity index (χ0n) is 19.5. The van der Waals surface area contributed by atoms with Gasteiger partial charge in [-0.05, 0) is 60.5 Å². The van der Waals surface area contributed by atoms with Crippen LogP contribution in [0.5, 0.6) is 0 Å². The van der Waals surface area contributed by atoms with Crippen LogP contribution in [-0.4, -0.2) is 21.6 Å². The van der Waals surface area contributed by atoms with E-state index in [1.165, 1.54) is 28.0 Å². The number of fused-ring (bicyclic) bond motifs is 1. The summed E-state index contributed by atoms with van der Waals surface area (Å²) in [7, 11) is 0. The molecule has 0 saturated heterocycles. The number of hydrogen-bond donors (Lipinski definition) is 2. The van der Waals surface area contributed by atoms with Crippen molar-refractivity contribution in [2.75, 3.05) is 5.32 Å². The molecule has 0 bridgehead atoms. The molecule has 1 aromatic heterocycles. The number of allylic oxidation sites excluding steroid dienone is 1. The van der Waals surface area contributed by atoms with Crippen molar-refractivity contribution in [1.29, 1.82) is 0 Å². The van der Waals surface area contributed by atoms with Gasteiger partial charge in [0.25, 0.3) is 11.5 Å². The number of amides is 1. The third-order valence-corrected chi connectivity index (χ3v) is 7.17. The molecule has 0 saturated carbocycles. The lowest BCUT2D eigenvalue weighted by Crippen LogP contribution is -2.40. The van der Waals surface area contributed by atoms with Gasteiger partial charge in [-0.15, -0.1) is 0 Å². The maximum atomic E-state index is 13.7. The van der Waals surface area contributed by atoms with Crippen LogP contribution in [0.2, 0.25) is 5.02 Å². The SMILES string of the molecule is CC1=C(C(=O)Nc2ccccc2)[C@H](c2ccc(Cl)cc2)n2c(s/c(=C\c3ccc(C(=O)O)cc3)c2=O)=N1. The Bertz CT molecular complexity index is 1720. The van der Waals surface area contributed by atoms with Crippen LogP contribution in [0.1, 0.15) is 34.5 Å². The second kappa shape index (κ2) is 10.0. The van der Waals surface area contributed by atoms with Gasteiger partial charge < -0.3 is 10.4 Å². The number of halogens is 1. The minimum Gasteiger partial charge on any atom is -0.478 e. The Morgan fingerprint density at radius 2 is 1.70 bits per heavy atom. The number of rotatable bonds is 5. The predicted octanol–water partition coefficient (Wildman–Crippen LogP) is 4.23. The highest BCUT2D eigenvalue weighted by Crippen LogP contribution is 2.31. The van der Waals surface area contributed by atoms with Crippen molar-refractivity contribution in [3.63, 3.8) is 0 Å². The number of carboxylic acid groups (broad SMARTS) is 1. The van der Waals surface area contributed by atoms with E-state index in [-0.39, 0.29) is 17.0 Å². The summed E-state index contributed by atoms with van der Waals surface area (Å²) in [6.07, 6.45) is 1.69. The van der Waals surface area contributed by atoms with E-state index in [2.05, 4.69) is 10.3 Å². The molecule has 0 unspecified atom stereocenters. The van der Waals surface area contributed by atoms with Crippen LogP contribution >= 0.6 is 22.9 Å². The number of nitrogens with one attached hydrogen (secondary N) is 1. The van der Waals surface area contributed by atoms with Crippen LogP contribution in [0.25, 0.3) is 6.08 Å². The van der Waals surface area contributed by atoms with Gasteiger partial charge in [0.2, 0.25) is 0 Å². The van der Waals surface area contributed by atoms with Crippen molar-refractivity contribution in [2.24, 2.45) is 4.99 Å². The predicted molar refractivity (Wildman–Crippen MR) is 144 cm³/mol. The summed E-state index contributed by atoms with van der Waals surface area (Å²) in [4.78, 5) is 43.4. The number of para-hydroxylation sites is 1. The first kappa shape index (κ1) is 24.4. The highest BCUT2D eigenvalue weighted by Gasteiger charge is 2.32. The Labute approximate surface area is 220 Å². The van der Waals surface area contributed by atoms with E-state index in [1.54, 1.807) is 61.5 Å².